The summed E-state index contributed by atoms with van der Waals surface area (Å²) in [7, 11) is 1.66. The molecule has 4 nitrogen and oxygen atoms in total. The van der Waals surface area contributed by atoms with Gasteiger partial charge in [0.05, 0.1) is 13.7 Å². The van der Waals surface area contributed by atoms with Crippen LogP contribution in [0.25, 0.3) is 4.96 Å². The second-order valence-corrected chi connectivity index (χ2v) is 6.68. The molecule has 6 heteroatoms. The van der Waals surface area contributed by atoms with Gasteiger partial charge in [-0.1, -0.05) is 15.9 Å². The SMILES string of the molecule is COc1nc2sccn2c1CNc1c(C)cc(Br)cc1C. The average Bonchev–Trinajstić information content (AvgIpc) is 2.98. The van der Waals surface area contributed by atoms with Crippen LogP contribution >= 0.6 is 27.3 Å². The van der Waals surface area contributed by atoms with Gasteiger partial charge in [-0.05, 0) is 37.1 Å². The lowest BCUT2D eigenvalue weighted by Crippen LogP contribution is -2.06. The number of hydrogen-bond acceptors (Lipinski definition) is 4. The third-order valence-electron chi connectivity index (χ3n) is 3.45. The summed E-state index contributed by atoms with van der Waals surface area (Å²) in [5, 5.41) is 5.54. The van der Waals surface area contributed by atoms with Crippen molar-refractivity contribution in [1.82, 2.24) is 9.38 Å². The first-order chi connectivity index (χ1) is 10.1. The summed E-state index contributed by atoms with van der Waals surface area (Å²) in [4.78, 5) is 5.43. The molecule has 110 valence electrons. The minimum atomic E-state index is 0.671. The second-order valence-electron chi connectivity index (χ2n) is 4.89. The van der Waals surface area contributed by atoms with Crippen molar-refractivity contribution in [3.63, 3.8) is 0 Å². The Morgan fingerprint density at radius 1 is 1.33 bits per heavy atom. The first-order valence-electron chi connectivity index (χ1n) is 6.59. The van der Waals surface area contributed by atoms with Crippen molar-refractivity contribution in [2.75, 3.05) is 12.4 Å². The molecule has 1 aromatic carbocycles. The number of rotatable bonds is 4. The van der Waals surface area contributed by atoms with Gasteiger partial charge >= 0.3 is 0 Å². The van der Waals surface area contributed by atoms with E-state index in [0.717, 1.165) is 20.8 Å². The van der Waals surface area contributed by atoms with Gasteiger partial charge in [0.15, 0.2) is 4.96 Å². The van der Waals surface area contributed by atoms with Crippen LogP contribution in [0.1, 0.15) is 16.8 Å². The van der Waals surface area contributed by atoms with E-state index in [-0.39, 0.29) is 0 Å². The quantitative estimate of drug-likeness (QED) is 0.744. The van der Waals surface area contributed by atoms with Crippen LogP contribution in [0.2, 0.25) is 0 Å². The van der Waals surface area contributed by atoms with E-state index in [1.807, 2.05) is 11.6 Å². The molecule has 0 atom stereocenters. The van der Waals surface area contributed by atoms with Gasteiger partial charge in [0.1, 0.15) is 5.69 Å². The van der Waals surface area contributed by atoms with Gasteiger partial charge < -0.3 is 10.1 Å². The van der Waals surface area contributed by atoms with E-state index in [1.54, 1.807) is 18.4 Å². The first-order valence-corrected chi connectivity index (χ1v) is 8.26. The van der Waals surface area contributed by atoms with Crippen LogP contribution in [0.3, 0.4) is 0 Å². The highest BCUT2D eigenvalue weighted by Crippen LogP contribution is 2.28. The molecule has 3 rings (SSSR count). The minimum absolute atomic E-state index is 0.671. The predicted octanol–water partition coefficient (Wildman–Crippen LogP) is 4.40. The number of anilines is 1. The number of nitrogens with zero attached hydrogens (tertiary/aromatic N) is 2. The average molecular weight is 366 g/mol. The summed E-state index contributed by atoms with van der Waals surface area (Å²) in [5.41, 5.74) is 4.62. The van der Waals surface area contributed by atoms with Crippen molar-refractivity contribution < 1.29 is 4.74 Å². The number of fused-ring (bicyclic) bond motifs is 1. The summed E-state index contributed by atoms with van der Waals surface area (Å²) < 4.78 is 8.56. The number of imidazole rings is 1. The predicted molar refractivity (Wildman–Crippen MR) is 90.6 cm³/mol. The van der Waals surface area contributed by atoms with Crippen LogP contribution in [0.15, 0.2) is 28.2 Å². The highest BCUT2D eigenvalue weighted by atomic mass is 79.9. The monoisotopic (exact) mass is 365 g/mol. The van der Waals surface area contributed by atoms with Crippen LogP contribution in [-0.2, 0) is 6.54 Å². The third kappa shape index (κ3) is 2.65. The van der Waals surface area contributed by atoms with E-state index < -0.39 is 0 Å². The molecule has 21 heavy (non-hydrogen) atoms. The van der Waals surface area contributed by atoms with Crippen molar-refractivity contribution in [1.29, 1.82) is 0 Å². The molecule has 0 saturated carbocycles. The maximum atomic E-state index is 5.38. The second kappa shape index (κ2) is 5.69. The number of halogens is 1. The summed E-state index contributed by atoms with van der Waals surface area (Å²) in [6.45, 7) is 4.88. The lowest BCUT2D eigenvalue weighted by Gasteiger charge is -2.13. The number of methoxy groups -OCH3 is 1. The topological polar surface area (TPSA) is 38.6 Å². The Bertz CT molecular complexity index is 770. The molecule has 0 spiro atoms. The van der Waals surface area contributed by atoms with E-state index in [1.165, 1.54) is 11.1 Å². The Morgan fingerprint density at radius 2 is 2.05 bits per heavy atom. The van der Waals surface area contributed by atoms with Gasteiger partial charge in [-0.15, -0.1) is 11.3 Å². The van der Waals surface area contributed by atoms with Crippen molar-refractivity contribution in [3.05, 3.63) is 45.0 Å². The fourth-order valence-electron chi connectivity index (χ4n) is 2.50. The van der Waals surface area contributed by atoms with Crippen molar-refractivity contribution >= 4 is 37.9 Å². The molecule has 0 aliphatic carbocycles. The van der Waals surface area contributed by atoms with E-state index >= 15 is 0 Å². The fraction of sp³-hybridized carbons (Fsp3) is 0.267. The number of aryl methyl sites for hydroxylation is 2. The molecular formula is C15H16BrN3OS. The molecule has 0 unspecified atom stereocenters. The van der Waals surface area contributed by atoms with Crippen LogP contribution in [0.4, 0.5) is 5.69 Å². The van der Waals surface area contributed by atoms with Gasteiger partial charge in [-0.2, -0.15) is 4.98 Å². The van der Waals surface area contributed by atoms with E-state index in [9.17, 15) is 0 Å². The molecule has 0 saturated heterocycles. The van der Waals surface area contributed by atoms with Gasteiger partial charge in [0.2, 0.25) is 5.88 Å². The number of benzene rings is 1. The van der Waals surface area contributed by atoms with Crippen LogP contribution in [0, 0.1) is 13.8 Å². The highest BCUT2D eigenvalue weighted by molar-refractivity contribution is 9.10. The number of nitrogens with one attached hydrogen (secondary N) is 1. The van der Waals surface area contributed by atoms with Crippen molar-refractivity contribution in [2.24, 2.45) is 0 Å². The van der Waals surface area contributed by atoms with E-state index in [2.05, 4.69) is 56.6 Å². The van der Waals surface area contributed by atoms with Gasteiger partial charge in [-0.25, -0.2) is 0 Å². The standard InChI is InChI=1S/C15H16BrN3OS/c1-9-6-11(16)7-10(2)13(9)17-8-12-14(20-3)18-15-19(12)4-5-21-15/h4-7,17H,8H2,1-3H3. The number of thiazole rings is 1. The summed E-state index contributed by atoms with van der Waals surface area (Å²) in [5.74, 6) is 0.682. The molecule has 2 heterocycles. The van der Waals surface area contributed by atoms with Gasteiger partial charge in [0.25, 0.3) is 0 Å². The van der Waals surface area contributed by atoms with Gasteiger partial charge in [0, 0.05) is 21.7 Å². The highest BCUT2D eigenvalue weighted by Gasteiger charge is 2.14. The zero-order chi connectivity index (χ0) is 15.0. The molecule has 0 fully saturated rings. The molecule has 3 aromatic rings. The maximum Gasteiger partial charge on any atom is 0.238 e. The van der Waals surface area contributed by atoms with Crippen LogP contribution in [-0.4, -0.2) is 16.5 Å². The third-order valence-corrected chi connectivity index (χ3v) is 4.66. The molecular weight excluding hydrogens is 350 g/mol. The van der Waals surface area contributed by atoms with E-state index in [4.69, 9.17) is 4.74 Å². The number of ether oxygens (including phenoxy) is 1. The smallest absolute Gasteiger partial charge is 0.238 e. The number of aromatic nitrogens is 2. The van der Waals surface area contributed by atoms with Crippen molar-refractivity contribution in [3.8, 4) is 5.88 Å². The Labute approximate surface area is 135 Å². The summed E-state index contributed by atoms with van der Waals surface area (Å²) in [6.07, 6.45) is 2.02. The Kier molecular flexibility index (Phi) is 3.91. The van der Waals surface area contributed by atoms with E-state index in [0.29, 0.717) is 12.4 Å². The largest absolute Gasteiger partial charge is 0.480 e. The normalized spacial score (nSPS) is 11.0. The zero-order valence-electron chi connectivity index (χ0n) is 12.1. The lowest BCUT2D eigenvalue weighted by atomic mass is 10.1. The number of hydrogen-bond donors (Lipinski definition) is 1. The minimum Gasteiger partial charge on any atom is -0.480 e. The Balaban J connectivity index is 1.91. The van der Waals surface area contributed by atoms with Crippen LogP contribution in [0.5, 0.6) is 5.88 Å². The van der Waals surface area contributed by atoms with Crippen LogP contribution < -0.4 is 10.1 Å². The lowest BCUT2D eigenvalue weighted by molar-refractivity contribution is 0.395. The molecule has 0 bridgehead atoms. The molecule has 0 radical (unpaired) electrons. The van der Waals surface area contributed by atoms with Gasteiger partial charge in [-0.3, -0.25) is 4.40 Å². The zero-order valence-corrected chi connectivity index (χ0v) is 14.5. The summed E-state index contributed by atoms with van der Waals surface area (Å²) >= 11 is 5.13. The van der Waals surface area contributed by atoms with Crippen molar-refractivity contribution in [2.45, 2.75) is 20.4 Å². The summed E-state index contributed by atoms with van der Waals surface area (Å²) in [6, 6.07) is 4.23. The fourth-order valence-corrected chi connectivity index (χ4v) is 3.91. The molecule has 0 aliphatic heterocycles. The molecule has 0 aliphatic rings. The molecule has 0 amide bonds. The Morgan fingerprint density at radius 3 is 2.71 bits per heavy atom. The first kappa shape index (κ1) is 14.4. The maximum absolute atomic E-state index is 5.38. The molecule has 1 N–H and O–H groups in total. The molecule has 2 aromatic heterocycles. The Hall–Kier alpha value is -1.53.